The first-order chi connectivity index (χ1) is 13.3. The van der Waals surface area contributed by atoms with Crippen LogP contribution in [0.3, 0.4) is 0 Å². The largest absolute Gasteiger partial charge is 0.478 e. The molecule has 0 saturated heterocycles. The van der Waals surface area contributed by atoms with Crippen molar-refractivity contribution in [2.24, 2.45) is 0 Å². The van der Waals surface area contributed by atoms with Gasteiger partial charge in [0.15, 0.2) is 0 Å². The molecule has 154 valence electrons. The number of esters is 1. The van der Waals surface area contributed by atoms with Crippen LogP contribution < -0.4 is 0 Å². The molecule has 1 aromatic rings. The van der Waals surface area contributed by atoms with Crippen molar-refractivity contribution in [2.75, 3.05) is 6.61 Å². The maximum atomic E-state index is 12.3. The molecule has 0 unspecified atom stereocenters. The van der Waals surface area contributed by atoms with Crippen molar-refractivity contribution in [1.82, 2.24) is 0 Å². The number of hydrogen-bond acceptors (Lipinski definition) is 5. The second kappa shape index (κ2) is 12.1. The monoisotopic (exact) mass is 410 g/mol. The molecule has 7 nitrogen and oxygen atoms in total. The molecule has 0 spiro atoms. The van der Waals surface area contributed by atoms with Gasteiger partial charge in [-0.1, -0.05) is 69.4 Å². The molecule has 0 saturated carbocycles. The number of carboxylic acid groups (broad SMARTS) is 1. The summed E-state index contributed by atoms with van der Waals surface area (Å²) >= 11 is 0. The average molecular weight is 410 g/mol. The summed E-state index contributed by atoms with van der Waals surface area (Å²) in [5.74, 6) is -2.65. The minimum atomic E-state index is -4.87. The summed E-state index contributed by atoms with van der Waals surface area (Å²) in [4.78, 5) is 22.6. The molecule has 1 rings (SSSR count). The van der Waals surface area contributed by atoms with E-state index in [1.54, 1.807) is 30.3 Å². The summed E-state index contributed by atoms with van der Waals surface area (Å²) in [5, 5.41) is 9.02. The lowest BCUT2D eigenvalue weighted by molar-refractivity contribution is -0.139. The van der Waals surface area contributed by atoms with Gasteiger partial charge in [0.05, 0.1) is 12.2 Å². The van der Waals surface area contributed by atoms with Crippen LogP contribution >= 0.6 is 0 Å². The molecule has 0 radical (unpaired) electrons. The third-order valence-corrected chi connectivity index (χ3v) is 4.75. The smallest absolute Gasteiger partial charge is 0.339 e. The molecule has 0 atom stereocenters. The van der Waals surface area contributed by atoms with Crippen molar-refractivity contribution in [3.63, 3.8) is 0 Å². The van der Waals surface area contributed by atoms with Gasteiger partial charge < -0.3 is 9.84 Å². The third-order valence-electron chi connectivity index (χ3n) is 3.86. The van der Waals surface area contributed by atoms with Gasteiger partial charge in [0.1, 0.15) is 4.91 Å². The second-order valence-corrected chi connectivity index (χ2v) is 7.58. The molecule has 0 heterocycles. The highest BCUT2D eigenvalue weighted by Crippen LogP contribution is 2.22. The standard InChI is InChI=1S/C20H26O7S/c1-2-3-4-5-6-10-13-27-20(23)17(15-19(21)22)18(28(24,25)26)14-16-11-8-7-9-12-16/h7-9,11-12,14-15H,2-6,10,13H2,1H3,(H,21,22)(H,24,25,26). The molecular formula is C20H26O7S. The van der Waals surface area contributed by atoms with Gasteiger partial charge in [-0.15, -0.1) is 0 Å². The molecule has 8 heteroatoms. The molecule has 0 aliphatic heterocycles. The zero-order chi connectivity index (χ0) is 21.0. The normalized spacial score (nSPS) is 12.6. The summed E-state index contributed by atoms with van der Waals surface area (Å²) in [7, 11) is -4.87. The van der Waals surface area contributed by atoms with Crippen LogP contribution in [0.25, 0.3) is 6.08 Å². The van der Waals surface area contributed by atoms with Gasteiger partial charge >= 0.3 is 11.9 Å². The topological polar surface area (TPSA) is 118 Å². The van der Waals surface area contributed by atoms with Gasteiger partial charge in [-0.2, -0.15) is 8.42 Å². The Labute approximate surface area is 165 Å². The van der Waals surface area contributed by atoms with E-state index in [2.05, 4.69) is 6.92 Å². The van der Waals surface area contributed by atoms with Crippen molar-refractivity contribution in [1.29, 1.82) is 0 Å². The van der Waals surface area contributed by atoms with E-state index >= 15 is 0 Å². The fourth-order valence-corrected chi connectivity index (χ4v) is 3.18. The van der Waals surface area contributed by atoms with Crippen molar-refractivity contribution in [3.05, 3.63) is 52.4 Å². The number of rotatable bonds is 12. The molecular weight excluding hydrogens is 384 g/mol. The zero-order valence-corrected chi connectivity index (χ0v) is 16.7. The van der Waals surface area contributed by atoms with Crippen LogP contribution in [0.4, 0.5) is 0 Å². The van der Waals surface area contributed by atoms with Crippen LogP contribution in [-0.2, 0) is 24.4 Å². The van der Waals surface area contributed by atoms with E-state index in [1.807, 2.05) is 0 Å². The predicted molar refractivity (Wildman–Crippen MR) is 106 cm³/mol. The molecule has 28 heavy (non-hydrogen) atoms. The Morgan fingerprint density at radius 3 is 2.21 bits per heavy atom. The van der Waals surface area contributed by atoms with E-state index in [-0.39, 0.29) is 6.61 Å². The van der Waals surface area contributed by atoms with Gasteiger partial charge in [0.2, 0.25) is 0 Å². The molecule has 2 N–H and O–H groups in total. The van der Waals surface area contributed by atoms with Crippen LogP contribution in [0, 0.1) is 0 Å². The Balaban J connectivity index is 2.96. The Morgan fingerprint density at radius 1 is 1.04 bits per heavy atom. The molecule has 0 amide bonds. The van der Waals surface area contributed by atoms with Crippen molar-refractivity contribution in [3.8, 4) is 0 Å². The predicted octanol–water partition coefficient (Wildman–Crippen LogP) is 3.83. The van der Waals surface area contributed by atoms with Crippen LogP contribution in [0.1, 0.15) is 51.0 Å². The molecule has 0 fully saturated rings. The summed E-state index contributed by atoms with van der Waals surface area (Å²) < 4.78 is 38.1. The maximum Gasteiger partial charge on any atom is 0.339 e. The fraction of sp³-hybridized carbons (Fsp3) is 0.400. The first kappa shape index (κ1) is 23.6. The van der Waals surface area contributed by atoms with E-state index in [0.717, 1.165) is 38.2 Å². The molecule has 1 aromatic carbocycles. The van der Waals surface area contributed by atoms with Crippen LogP contribution in [0.2, 0.25) is 0 Å². The third kappa shape index (κ3) is 8.96. The number of carbonyl (C=O) groups excluding carboxylic acids is 1. The van der Waals surface area contributed by atoms with E-state index < -0.39 is 32.5 Å². The Morgan fingerprint density at radius 2 is 1.64 bits per heavy atom. The van der Waals surface area contributed by atoms with Crippen molar-refractivity contribution in [2.45, 2.75) is 45.4 Å². The first-order valence-electron chi connectivity index (χ1n) is 9.12. The number of carbonyl (C=O) groups is 2. The summed E-state index contributed by atoms with van der Waals surface area (Å²) in [6, 6.07) is 8.05. The highest BCUT2D eigenvalue weighted by atomic mass is 32.2. The number of ether oxygens (including phenoxy) is 1. The lowest BCUT2D eigenvalue weighted by atomic mass is 10.1. The molecule has 0 bridgehead atoms. The van der Waals surface area contributed by atoms with E-state index in [4.69, 9.17) is 9.84 Å². The molecule has 0 aliphatic rings. The van der Waals surface area contributed by atoms with Crippen LogP contribution in [0.5, 0.6) is 0 Å². The lowest BCUT2D eigenvalue weighted by Gasteiger charge is -2.10. The second-order valence-electron chi connectivity index (χ2n) is 6.19. The summed E-state index contributed by atoms with van der Waals surface area (Å²) in [6.07, 6.45) is 7.20. The zero-order valence-electron chi connectivity index (χ0n) is 15.8. The molecule has 0 aromatic heterocycles. The lowest BCUT2D eigenvalue weighted by Crippen LogP contribution is -2.17. The van der Waals surface area contributed by atoms with Gasteiger partial charge in [-0.3, -0.25) is 4.55 Å². The SMILES string of the molecule is CCCCCCCCOC(=O)C(=CC(=O)O)C(=Cc1ccccc1)S(=O)(=O)O. The van der Waals surface area contributed by atoms with Gasteiger partial charge in [-0.25, -0.2) is 9.59 Å². The van der Waals surface area contributed by atoms with E-state index in [1.165, 1.54) is 0 Å². The van der Waals surface area contributed by atoms with Crippen LogP contribution in [0.15, 0.2) is 46.9 Å². The highest BCUT2D eigenvalue weighted by molar-refractivity contribution is 7.90. The van der Waals surface area contributed by atoms with E-state index in [0.29, 0.717) is 18.1 Å². The minimum absolute atomic E-state index is 0.0337. The molecule has 0 aliphatic carbocycles. The minimum Gasteiger partial charge on any atom is -0.478 e. The average Bonchev–Trinajstić information content (AvgIpc) is 2.63. The number of carboxylic acids is 1. The Kier molecular flexibility index (Phi) is 10.2. The Bertz CT molecular complexity index is 808. The van der Waals surface area contributed by atoms with Gasteiger partial charge in [0, 0.05) is 6.08 Å². The van der Waals surface area contributed by atoms with E-state index in [9.17, 15) is 22.6 Å². The first-order valence-corrected chi connectivity index (χ1v) is 10.6. The van der Waals surface area contributed by atoms with Crippen molar-refractivity contribution < 1.29 is 32.4 Å². The number of benzene rings is 1. The summed E-state index contributed by atoms with van der Waals surface area (Å²) in [6.45, 7) is 2.14. The van der Waals surface area contributed by atoms with Crippen LogP contribution in [-0.4, -0.2) is 36.6 Å². The summed E-state index contributed by atoms with van der Waals surface area (Å²) in [5.41, 5.74) is -0.361. The van der Waals surface area contributed by atoms with Crippen molar-refractivity contribution >= 4 is 28.1 Å². The maximum absolute atomic E-state index is 12.3. The number of unbranched alkanes of at least 4 members (excludes halogenated alkanes) is 5. The quantitative estimate of drug-likeness (QED) is 0.177. The number of hydrogen-bond donors (Lipinski definition) is 2. The fourth-order valence-electron chi connectivity index (χ4n) is 2.47. The van der Waals surface area contributed by atoms with Gasteiger partial charge in [0.25, 0.3) is 10.1 Å². The highest BCUT2D eigenvalue weighted by Gasteiger charge is 2.27. The number of aliphatic carboxylic acids is 1. The Hall–Kier alpha value is -2.45. The van der Waals surface area contributed by atoms with Gasteiger partial charge in [-0.05, 0) is 18.1 Å².